The number of amides is 1. The number of aryl methyl sites for hydroxylation is 1. The summed E-state index contributed by atoms with van der Waals surface area (Å²) >= 11 is 2.77. The van der Waals surface area contributed by atoms with Gasteiger partial charge in [0.2, 0.25) is 5.13 Å². The third kappa shape index (κ3) is 6.15. The largest absolute Gasteiger partial charge is 0.507 e. The fourth-order valence-electron chi connectivity index (χ4n) is 5.69. The molecule has 0 bridgehead atoms. The molecule has 0 saturated carbocycles. The molecule has 1 aliphatic rings. The normalized spacial score (nSPS) is 15.8. The molecule has 1 saturated heterocycles. The summed E-state index contributed by atoms with van der Waals surface area (Å²) in [5.41, 5.74) is 4.45. The first-order chi connectivity index (χ1) is 23.0. The second kappa shape index (κ2) is 13.2. The molecule has 9 heteroatoms. The highest BCUT2D eigenvalue weighted by Gasteiger charge is 2.48. The number of carbonyl (C=O) groups is 2. The topological polar surface area (TPSA) is 92.6 Å². The molecule has 6 aromatic rings. The van der Waals surface area contributed by atoms with Crippen LogP contribution in [0.25, 0.3) is 16.5 Å². The van der Waals surface area contributed by atoms with E-state index >= 15 is 0 Å². The van der Waals surface area contributed by atoms with Crippen molar-refractivity contribution < 1.29 is 19.4 Å². The number of aliphatic hydroxyl groups is 1. The molecule has 5 aromatic carbocycles. The highest BCUT2D eigenvalue weighted by Crippen LogP contribution is 2.44. The van der Waals surface area contributed by atoms with Gasteiger partial charge in [-0.2, -0.15) is 0 Å². The summed E-state index contributed by atoms with van der Waals surface area (Å²) in [7, 11) is 0. The van der Waals surface area contributed by atoms with Crippen molar-refractivity contribution in [1.29, 1.82) is 0 Å². The minimum atomic E-state index is -0.878. The molecular weight excluding hydrogens is 627 g/mol. The molecule has 0 radical (unpaired) electrons. The summed E-state index contributed by atoms with van der Waals surface area (Å²) in [6.45, 7) is 2.44. The SMILES string of the molecule is Cc1ccccc1COc1ccc(/C(O)=C2\C(=O)C(=O)N(c3nnc(SCc4cccc5ccccc45)s3)C2c2ccccc2)cc1. The number of fused-ring (bicyclic) bond motifs is 1. The first kappa shape index (κ1) is 30.4. The van der Waals surface area contributed by atoms with Crippen LogP contribution < -0.4 is 9.64 Å². The quantitative estimate of drug-likeness (QED) is 0.0549. The van der Waals surface area contributed by atoms with E-state index in [4.69, 9.17) is 4.74 Å². The van der Waals surface area contributed by atoms with Crippen molar-refractivity contribution in [2.45, 2.75) is 29.7 Å². The van der Waals surface area contributed by atoms with E-state index in [-0.39, 0.29) is 11.3 Å². The van der Waals surface area contributed by atoms with E-state index in [0.29, 0.717) is 38.7 Å². The van der Waals surface area contributed by atoms with Gasteiger partial charge in [0.1, 0.15) is 18.1 Å². The Labute approximate surface area is 280 Å². The molecular formula is C38H29N3O4S2. The second-order valence-electron chi connectivity index (χ2n) is 11.1. The van der Waals surface area contributed by atoms with Gasteiger partial charge < -0.3 is 9.84 Å². The number of benzene rings is 5. The van der Waals surface area contributed by atoms with Gasteiger partial charge in [-0.05, 0) is 64.2 Å². The monoisotopic (exact) mass is 655 g/mol. The van der Waals surface area contributed by atoms with E-state index in [9.17, 15) is 14.7 Å². The molecule has 2 heterocycles. The Balaban J connectivity index is 1.16. The van der Waals surface area contributed by atoms with Crippen LogP contribution in [0, 0.1) is 6.92 Å². The van der Waals surface area contributed by atoms with Gasteiger partial charge in [-0.1, -0.05) is 120 Å². The zero-order valence-corrected chi connectivity index (χ0v) is 27.0. The summed E-state index contributed by atoms with van der Waals surface area (Å²) in [6.07, 6.45) is 0. The number of nitrogens with zero attached hydrogens (tertiary/aromatic N) is 3. The molecule has 1 N–H and O–H groups in total. The number of hydrogen-bond donors (Lipinski definition) is 1. The molecule has 0 aliphatic carbocycles. The van der Waals surface area contributed by atoms with Crippen LogP contribution in [-0.4, -0.2) is 27.0 Å². The van der Waals surface area contributed by atoms with Crippen molar-refractivity contribution in [1.82, 2.24) is 10.2 Å². The van der Waals surface area contributed by atoms with Gasteiger partial charge in [0.15, 0.2) is 4.34 Å². The number of thioether (sulfide) groups is 1. The Hall–Kier alpha value is -5.25. The van der Waals surface area contributed by atoms with Crippen molar-refractivity contribution in [2.24, 2.45) is 0 Å². The molecule has 1 aromatic heterocycles. The van der Waals surface area contributed by atoms with Crippen molar-refractivity contribution in [3.05, 3.63) is 155 Å². The van der Waals surface area contributed by atoms with Crippen LogP contribution in [0.2, 0.25) is 0 Å². The summed E-state index contributed by atoms with van der Waals surface area (Å²) in [5, 5.41) is 22.9. The zero-order valence-electron chi connectivity index (χ0n) is 25.4. The predicted octanol–water partition coefficient (Wildman–Crippen LogP) is 8.50. The smallest absolute Gasteiger partial charge is 0.301 e. The fraction of sp³-hybridized carbons (Fsp3) is 0.105. The highest BCUT2D eigenvalue weighted by atomic mass is 32.2. The average molecular weight is 656 g/mol. The van der Waals surface area contributed by atoms with E-state index in [1.807, 2.05) is 79.7 Å². The number of hydrogen-bond acceptors (Lipinski definition) is 8. The van der Waals surface area contributed by atoms with Gasteiger partial charge in [-0.3, -0.25) is 14.5 Å². The van der Waals surface area contributed by atoms with Crippen LogP contribution in [0.1, 0.15) is 33.9 Å². The van der Waals surface area contributed by atoms with Gasteiger partial charge in [0.25, 0.3) is 5.78 Å². The van der Waals surface area contributed by atoms with Crippen LogP contribution in [0.3, 0.4) is 0 Å². The van der Waals surface area contributed by atoms with Crippen LogP contribution in [-0.2, 0) is 21.9 Å². The predicted molar refractivity (Wildman–Crippen MR) is 187 cm³/mol. The van der Waals surface area contributed by atoms with E-state index in [2.05, 4.69) is 34.5 Å². The Morgan fingerprint density at radius 2 is 1.53 bits per heavy atom. The molecule has 47 heavy (non-hydrogen) atoms. The van der Waals surface area contributed by atoms with Gasteiger partial charge in [-0.25, -0.2) is 0 Å². The zero-order chi connectivity index (χ0) is 32.3. The lowest BCUT2D eigenvalue weighted by molar-refractivity contribution is -0.132. The van der Waals surface area contributed by atoms with Crippen molar-refractivity contribution in [2.75, 3.05) is 4.90 Å². The lowest BCUT2D eigenvalue weighted by atomic mass is 9.95. The Kier molecular flexibility index (Phi) is 8.56. The van der Waals surface area contributed by atoms with Crippen molar-refractivity contribution in [3.63, 3.8) is 0 Å². The number of Topliss-reactive ketones (excluding diaryl/α,β-unsaturated/α-hetero) is 1. The van der Waals surface area contributed by atoms with Crippen LogP contribution in [0.4, 0.5) is 5.13 Å². The molecule has 7 rings (SSSR count). The molecule has 7 nitrogen and oxygen atoms in total. The van der Waals surface area contributed by atoms with Gasteiger partial charge in [0, 0.05) is 11.3 Å². The number of aliphatic hydroxyl groups excluding tert-OH is 1. The number of ether oxygens (including phenoxy) is 1. The molecule has 1 aliphatic heterocycles. The van der Waals surface area contributed by atoms with Gasteiger partial charge in [0.05, 0.1) is 11.6 Å². The maximum Gasteiger partial charge on any atom is 0.301 e. The van der Waals surface area contributed by atoms with Crippen LogP contribution >= 0.6 is 23.1 Å². The van der Waals surface area contributed by atoms with Crippen molar-refractivity contribution >= 4 is 56.5 Å². The lowest BCUT2D eigenvalue weighted by Crippen LogP contribution is -2.29. The summed E-state index contributed by atoms with van der Waals surface area (Å²) in [5.74, 6) is -0.522. The summed E-state index contributed by atoms with van der Waals surface area (Å²) in [4.78, 5) is 28.6. The van der Waals surface area contributed by atoms with Crippen molar-refractivity contribution in [3.8, 4) is 5.75 Å². The summed E-state index contributed by atoms with van der Waals surface area (Å²) < 4.78 is 6.63. The Morgan fingerprint density at radius 3 is 2.34 bits per heavy atom. The highest BCUT2D eigenvalue weighted by molar-refractivity contribution is 8.00. The molecule has 0 spiro atoms. The number of anilines is 1. The average Bonchev–Trinajstić information content (AvgIpc) is 3.68. The molecule has 1 fully saturated rings. The third-order valence-corrected chi connectivity index (χ3v) is 10.3. The van der Waals surface area contributed by atoms with Gasteiger partial charge >= 0.3 is 5.91 Å². The molecule has 1 atom stereocenters. The Bertz CT molecular complexity index is 2120. The van der Waals surface area contributed by atoms with E-state index in [1.165, 1.54) is 44.3 Å². The Morgan fingerprint density at radius 1 is 0.830 bits per heavy atom. The summed E-state index contributed by atoms with van der Waals surface area (Å²) in [6, 6.07) is 37.6. The molecule has 1 unspecified atom stereocenters. The minimum Gasteiger partial charge on any atom is -0.507 e. The van der Waals surface area contributed by atoms with E-state index in [0.717, 1.165) is 11.1 Å². The maximum atomic E-state index is 13.6. The van der Waals surface area contributed by atoms with E-state index in [1.54, 1.807) is 24.3 Å². The first-order valence-electron chi connectivity index (χ1n) is 15.0. The van der Waals surface area contributed by atoms with Crippen LogP contribution in [0.5, 0.6) is 5.75 Å². The standard InChI is InChI=1S/C38H29N3O4S2/c1-24-10-5-6-14-28(24)22-45-30-20-18-27(19-21-30)34(42)32-33(26-12-3-2-4-13-26)41(36(44)35(32)43)37-39-40-38(47-37)46-23-29-16-9-15-25-11-7-8-17-31(25)29/h2-21,33,42H,22-23H2,1H3/b34-32+. The second-order valence-corrected chi connectivity index (χ2v) is 13.3. The first-order valence-corrected chi connectivity index (χ1v) is 16.8. The van der Waals surface area contributed by atoms with Gasteiger partial charge in [-0.15, -0.1) is 10.2 Å². The number of aromatic nitrogens is 2. The van der Waals surface area contributed by atoms with E-state index < -0.39 is 17.7 Å². The number of ketones is 1. The lowest BCUT2D eigenvalue weighted by Gasteiger charge is -2.22. The fourth-order valence-corrected chi connectivity index (χ4v) is 7.57. The minimum absolute atomic E-state index is 0.00469. The number of rotatable bonds is 9. The van der Waals surface area contributed by atoms with Crippen LogP contribution in [0.15, 0.2) is 131 Å². The number of carbonyl (C=O) groups excluding carboxylic acids is 2. The molecule has 1 amide bonds. The molecule has 232 valence electrons. The maximum absolute atomic E-state index is 13.6. The third-order valence-electron chi connectivity index (χ3n) is 8.18.